The average molecular weight is 210 g/mol. The van der Waals surface area contributed by atoms with E-state index in [0.717, 1.165) is 11.5 Å². The van der Waals surface area contributed by atoms with Crippen LogP contribution in [0.2, 0.25) is 24.2 Å². The summed E-state index contributed by atoms with van der Waals surface area (Å²) in [5.74, 6) is 1.13. The van der Waals surface area contributed by atoms with Gasteiger partial charge in [0.05, 0.1) is 8.07 Å². The molecule has 0 nitrogen and oxygen atoms in total. The summed E-state index contributed by atoms with van der Waals surface area (Å²) in [5, 5.41) is 0. The van der Waals surface area contributed by atoms with Crippen LogP contribution in [-0.2, 0) is 0 Å². The lowest BCUT2D eigenvalue weighted by Crippen LogP contribution is -2.38. The van der Waals surface area contributed by atoms with Crippen molar-refractivity contribution >= 4 is 8.07 Å². The van der Waals surface area contributed by atoms with E-state index < -0.39 is 8.07 Å². The molecule has 1 saturated carbocycles. The zero-order valence-corrected chi connectivity index (χ0v) is 11.6. The molecule has 0 N–H and O–H groups in total. The minimum Gasteiger partial charge on any atom is -0.0689 e. The van der Waals surface area contributed by atoms with Gasteiger partial charge in [0.25, 0.3) is 0 Å². The van der Waals surface area contributed by atoms with Crippen LogP contribution < -0.4 is 0 Å². The predicted octanol–water partition coefficient (Wildman–Crippen LogP) is 4.69. The van der Waals surface area contributed by atoms with Crippen molar-refractivity contribution < 1.29 is 0 Å². The van der Waals surface area contributed by atoms with Crippen molar-refractivity contribution in [1.29, 1.82) is 0 Å². The minimum atomic E-state index is -0.859. The normalized spacial score (nSPS) is 40.5. The van der Waals surface area contributed by atoms with Crippen molar-refractivity contribution in [2.75, 3.05) is 0 Å². The van der Waals surface area contributed by atoms with E-state index in [0.29, 0.717) is 5.41 Å². The zero-order valence-electron chi connectivity index (χ0n) is 10.6. The standard InChI is InChI=1S/C13H26Si/c1-13(2,3)9-12-10-6-7-11(8-10)14(12,4)5/h10-12H,6-9H2,1-5H3/t10-,11+,12+/m0/s1. The van der Waals surface area contributed by atoms with Gasteiger partial charge in [-0.2, -0.15) is 0 Å². The monoisotopic (exact) mass is 210 g/mol. The third-order valence-electron chi connectivity index (χ3n) is 4.88. The highest BCUT2D eigenvalue weighted by Gasteiger charge is 2.54. The van der Waals surface area contributed by atoms with Crippen LogP contribution in [0.4, 0.5) is 0 Å². The summed E-state index contributed by atoms with van der Waals surface area (Å²) in [6.07, 6.45) is 6.22. The molecule has 0 unspecified atom stereocenters. The Morgan fingerprint density at radius 2 is 1.79 bits per heavy atom. The lowest BCUT2D eigenvalue weighted by Gasteiger charge is -2.40. The van der Waals surface area contributed by atoms with Gasteiger partial charge in [0.1, 0.15) is 0 Å². The number of fused-ring (bicyclic) bond motifs is 2. The molecule has 1 heteroatoms. The van der Waals surface area contributed by atoms with E-state index in [1.165, 1.54) is 12.0 Å². The first-order valence-electron chi connectivity index (χ1n) is 6.31. The summed E-state index contributed by atoms with van der Waals surface area (Å²) in [5.41, 5.74) is 2.88. The molecule has 1 heterocycles. The van der Waals surface area contributed by atoms with Crippen molar-refractivity contribution in [2.45, 2.75) is 70.6 Å². The van der Waals surface area contributed by atoms with Crippen LogP contribution in [-0.4, -0.2) is 8.07 Å². The van der Waals surface area contributed by atoms with Gasteiger partial charge in [0, 0.05) is 0 Å². The van der Waals surface area contributed by atoms with Crippen LogP contribution in [0, 0.1) is 11.3 Å². The minimum absolute atomic E-state index is 0.555. The summed E-state index contributed by atoms with van der Waals surface area (Å²) in [6.45, 7) is 12.6. The second kappa shape index (κ2) is 3.10. The van der Waals surface area contributed by atoms with E-state index in [1.807, 2.05) is 0 Å². The first-order valence-corrected chi connectivity index (χ1v) is 9.46. The Balaban J connectivity index is 2.12. The molecule has 1 aliphatic carbocycles. The van der Waals surface area contributed by atoms with Crippen LogP contribution in [0.3, 0.4) is 0 Å². The molecule has 3 atom stereocenters. The molecule has 0 aromatic heterocycles. The molecule has 2 bridgehead atoms. The zero-order chi connectivity index (χ0) is 10.6. The van der Waals surface area contributed by atoms with E-state index in [-0.39, 0.29) is 0 Å². The fourth-order valence-corrected chi connectivity index (χ4v) is 9.14. The molecule has 2 fully saturated rings. The quantitative estimate of drug-likeness (QED) is 0.551. The summed E-state index contributed by atoms with van der Waals surface area (Å²) in [4.78, 5) is 0. The Kier molecular flexibility index (Phi) is 2.38. The van der Waals surface area contributed by atoms with Crippen molar-refractivity contribution in [3.8, 4) is 0 Å². The Morgan fingerprint density at radius 1 is 1.14 bits per heavy atom. The third-order valence-corrected chi connectivity index (χ3v) is 10.1. The Morgan fingerprint density at radius 3 is 2.21 bits per heavy atom. The maximum Gasteiger partial charge on any atom is 0.0539 e. The molecule has 2 rings (SSSR count). The molecular weight excluding hydrogens is 184 g/mol. The Hall–Kier alpha value is 0.217. The molecule has 1 saturated heterocycles. The number of rotatable bonds is 1. The van der Waals surface area contributed by atoms with Gasteiger partial charge in [-0.25, -0.2) is 0 Å². The summed E-state index contributed by atoms with van der Waals surface area (Å²) in [7, 11) is -0.859. The van der Waals surface area contributed by atoms with Gasteiger partial charge in [0.15, 0.2) is 0 Å². The summed E-state index contributed by atoms with van der Waals surface area (Å²) < 4.78 is 0. The highest BCUT2D eigenvalue weighted by atomic mass is 28.3. The van der Waals surface area contributed by atoms with Gasteiger partial charge >= 0.3 is 0 Å². The van der Waals surface area contributed by atoms with Crippen LogP contribution in [0.5, 0.6) is 0 Å². The van der Waals surface area contributed by atoms with Gasteiger partial charge in [-0.3, -0.25) is 0 Å². The fourth-order valence-electron chi connectivity index (χ4n) is 4.06. The van der Waals surface area contributed by atoms with Gasteiger partial charge in [-0.05, 0) is 35.3 Å². The van der Waals surface area contributed by atoms with Gasteiger partial charge in [-0.15, -0.1) is 0 Å². The lowest BCUT2D eigenvalue weighted by molar-refractivity contribution is 0.323. The largest absolute Gasteiger partial charge is 0.0689 e. The highest BCUT2D eigenvalue weighted by molar-refractivity contribution is 6.81. The first-order chi connectivity index (χ1) is 6.31. The number of hydrogen-bond donors (Lipinski definition) is 0. The van der Waals surface area contributed by atoms with Crippen LogP contribution in [0.25, 0.3) is 0 Å². The molecule has 2 aliphatic rings. The second-order valence-corrected chi connectivity index (χ2v) is 12.7. The second-order valence-electron chi connectivity index (χ2n) is 7.46. The van der Waals surface area contributed by atoms with Gasteiger partial charge in [-0.1, -0.05) is 46.7 Å². The van der Waals surface area contributed by atoms with Gasteiger partial charge < -0.3 is 0 Å². The van der Waals surface area contributed by atoms with Crippen molar-refractivity contribution in [2.24, 2.45) is 11.3 Å². The average Bonchev–Trinajstić information content (AvgIpc) is 2.51. The predicted molar refractivity (Wildman–Crippen MR) is 66.4 cm³/mol. The van der Waals surface area contributed by atoms with Crippen LogP contribution >= 0.6 is 0 Å². The molecular formula is C13H26Si. The third kappa shape index (κ3) is 1.68. The molecule has 0 amide bonds. The molecule has 1 aliphatic heterocycles. The van der Waals surface area contributed by atoms with E-state index in [1.54, 1.807) is 19.3 Å². The first kappa shape index (κ1) is 10.7. The molecule has 0 spiro atoms. The van der Waals surface area contributed by atoms with Crippen molar-refractivity contribution in [3.63, 3.8) is 0 Å². The van der Waals surface area contributed by atoms with Crippen molar-refractivity contribution in [1.82, 2.24) is 0 Å². The van der Waals surface area contributed by atoms with Crippen LogP contribution in [0.15, 0.2) is 0 Å². The highest BCUT2D eigenvalue weighted by Crippen LogP contribution is 2.62. The Labute approximate surface area is 90.5 Å². The van der Waals surface area contributed by atoms with E-state index in [4.69, 9.17) is 0 Å². The molecule has 14 heavy (non-hydrogen) atoms. The maximum absolute atomic E-state index is 2.66. The fraction of sp³-hybridized carbons (Fsp3) is 1.00. The van der Waals surface area contributed by atoms with E-state index in [2.05, 4.69) is 33.9 Å². The molecule has 0 aromatic carbocycles. The lowest BCUT2D eigenvalue weighted by atomic mass is 9.86. The molecule has 82 valence electrons. The summed E-state index contributed by atoms with van der Waals surface area (Å²) in [6, 6.07) is 0. The molecule has 0 radical (unpaired) electrons. The Bertz CT molecular complexity index is 224. The summed E-state index contributed by atoms with van der Waals surface area (Å²) >= 11 is 0. The SMILES string of the molecule is CC(C)(C)C[C@@H]1[C@H]2CC[C@H](C2)[Si]1(C)C. The molecule has 0 aromatic rings. The maximum atomic E-state index is 2.66. The smallest absolute Gasteiger partial charge is 0.0539 e. The van der Waals surface area contributed by atoms with E-state index >= 15 is 0 Å². The van der Waals surface area contributed by atoms with E-state index in [9.17, 15) is 0 Å². The van der Waals surface area contributed by atoms with Gasteiger partial charge in [0.2, 0.25) is 0 Å². The number of hydrogen-bond acceptors (Lipinski definition) is 0. The van der Waals surface area contributed by atoms with Crippen molar-refractivity contribution in [3.05, 3.63) is 0 Å². The van der Waals surface area contributed by atoms with Crippen LogP contribution in [0.1, 0.15) is 46.5 Å². The topological polar surface area (TPSA) is 0 Å².